The Morgan fingerprint density at radius 2 is 1.77 bits per heavy atom. The minimum Gasteiger partial charge on any atom is -0.481 e. The molecule has 0 atom stereocenters. The van der Waals surface area contributed by atoms with Crippen molar-refractivity contribution in [2.24, 2.45) is 0 Å². The van der Waals surface area contributed by atoms with Crippen molar-refractivity contribution in [3.8, 4) is 0 Å². The fourth-order valence-electron chi connectivity index (χ4n) is 3.06. The van der Waals surface area contributed by atoms with Crippen molar-refractivity contribution in [2.45, 2.75) is 33.2 Å². The standard InChI is InChI=1S/C21H23N3O2.C3H6O2/c1-15-18(19-4-2-3-5-20(19)23-15)12-13-22-14-17-8-6-16(7-9-17)10-11-21(25)24-26;1-2-3(4)5/h2-11,22-23,26H,12-14H2,1H3,(H,24,25);2H2,1H3,(H,4,5)/b11-10+;. The number of H-pyrrole nitrogens is 1. The Bertz CT molecular complexity index is 1020. The van der Waals surface area contributed by atoms with Crippen molar-refractivity contribution < 1.29 is 19.9 Å². The van der Waals surface area contributed by atoms with Crippen LogP contribution < -0.4 is 10.8 Å². The number of carboxylic acids is 1. The largest absolute Gasteiger partial charge is 0.481 e. The smallest absolute Gasteiger partial charge is 0.303 e. The van der Waals surface area contributed by atoms with Crippen molar-refractivity contribution in [3.05, 3.63) is 77.0 Å². The van der Waals surface area contributed by atoms with Crippen LogP contribution in [-0.4, -0.2) is 33.7 Å². The molecule has 0 aliphatic carbocycles. The summed E-state index contributed by atoms with van der Waals surface area (Å²) in [7, 11) is 0. The van der Waals surface area contributed by atoms with Crippen molar-refractivity contribution in [1.82, 2.24) is 15.8 Å². The van der Waals surface area contributed by atoms with Crippen LogP contribution in [-0.2, 0) is 22.6 Å². The lowest BCUT2D eigenvalue weighted by molar-refractivity contribution is -0.136. The third-order valence-corrected chi connectivity index (χ3v) is 4.73. The van der Waals surface area contributed by atoms with E-state index in [1.165, 1.54) is 33.8 Å². The van der Waals surface area contributed by atoms with Crippen molar-refractivity contribution >= 4 is 28.9 Å². The van der Waals surface area contributed by atoms with Gasteiger partial charge >= 0.3 is 5.97 Å². The van der Waals surface area contributed by atoms with E-state index in [9.17, 15) is 9.59 Å². The molecule has 3 rings (SSSR count). The van der Waals surface area contributed by atoms with Gasteiger partial charge in [0.1, 0.15) is 0 Å². The molecule has 1 aromatic heterocycles. The zero-order chi connectivity index (χ0) is 22.6. The topological polar surface area (TPSA) is 114 Å². The maximum atomic E-state index is 11.0. The highest BCUT2D eigenvalue weighted by atomic mass is 16.5. The average molecular weight is 424 g/mol. The molecule has 0 unspecified atom stereocenters. The fraction of sp³-hybridized carbons (Fsp3) is 0.250. The van der Waals surface area contributed by atoms with Gasteiger partial charge in [-0.25, -0.2) is 5.48 Å². The quantitative estimate of drug-likeness (QED) is 0.164. The summed E-state index contributed by atoms with van der Waals surface area (Å²) in [6.07, 6.45) is 4.15. The first-order valence-electron chi connectivity index (χ1n) is 10.1. The molecule has 0 radical (unpaired) electrons. The molecular formula is C24H29N3O4. The number of aromatic nitrogens is 1. The Labute approximate surface area is 181 Å². The van der Waals surface area contributed by atoms with Crippen LogP contribution in [0.25, 0.3) is 17.0 Å². The van der Waals surface area contributed by atoms with Crippen molar-refractivity contribution in [3.63, 3.8) is 0 Å². The van der Waals surface area contributed by atoms with E-state index < -0.39 is 11.9 Å². The number of fused-ring (bicyclic) bond motifs is 1. The number of hydroxylamine groups is 1. The molecule has 0 saturated carbocycles. The van der Waals surface area contributed by atoms with Gasteiger partial charge in [-0.15, -0.1) is 0 Å². The van der Waals surface area contributed by atoms with Gasteiger partial charge < -0.3 is 15.4 Å². The summed E-state index contributed by atoms with van der Waals surface area (Å²) in [6.45, 7) is 5.42. The molecule has 0 aliphatic rings. The van der Waals surface area contributed by atoms with E-state index in [-0.39, 0.29) is 6.42 Å². The first kappa shape index (κ1) is 23.9. The lowest BCUT2D eigenvalue weighted by Gasteiger charge is -2.06. The highest BCUT2D eigenvalue weighted by Gasteiger charge is 2.07. The molecule has 0 spiro atoms. The number of nitrogens with one attached hydrogen (secondary N) is 3. The zero-order valence-electron chi connectivity index (χ0n) is 17.8. The maximum Gasteiger partial charge on any atom is 0.303 e. The molecular weight excluding hydrogens is 394 g/mol. The Morgan fingerprint density at radius 1 is 1.10 bits per heavy atom. The normalized spacial score (nSPS) is 10.7. The Balaban J connectivity index is 0.000000614. The van der Waals surface area contributed by atoms with E-state index in [0.29, 0.717) is 0 Å². The Morgan fingerprint density at radius 3 is 2.42 bits per heavy atom. The van der Waals surface area contributed by atoms with Gasteiger partial charge in [0.05, 0.1) is 0 Å². The molecule has 0 fully saturated rings. The number of aryl methyl sites for hydroxylation is 1. The summed E-state index contributed by atoms with van der Waals surface area (Å²) >= 11 is 0. The SMILES string of the molecule is CCC(=O)O.Cc1[nH]c2ccccc2c1CCNCc1ccc(/C=C/C(=O)NO)cc1. The second kappa shape index (κ2) is 12.3. The zero-order valence-corrected chi connectivity index (χ0v) is 17.8. The van der Waals surface area contributed by atoms with Gasteiger partial charge in [0.2, 0.25) is 0 Å². The van der Waals surface area contributed by atoms with Crippen LogP contribution >= 0.6 is 0 Å². The van der Waals surface area contributed by atoms with Crippen LogP contribution in [0, 0.1) is 6.92 Å². The molecule has 1 heterocycles. The highest BCUT2D eigenvalue weighted by molar-refractivity contribution is 5.90. The summed E-state index contributed by atoms with van der Waals surface area (Å²) in [5, 5.41) is 21.0. The summed E-state index contributed by atoms with van der Waals surface area (Å²) in [6, 6.07) is 16.4. The molecule has 0 saturated heterocycles. The maximum absolute atomic E-state index is 11.0. The predicted octanol–water partition coefficient (Wildman–Crippen LogP) is 3.81. The first-order chi connectivity index (χ1) is 14.9. The minimum atomic E-state index is -0.745. The number of aromatic amines is 1. The van der Waals surface area contributed by atoms with E-state index in [4.69, 9.17) is 10.3 Å². The van der Waals surface area contributed by atoms with Crippen LogP contribution in [0.1, 0.15) is 35.7 Å². The van der Waals surface area contributed by atoms with Gasteiger partial charge in [-0.2, -0.15) is 0 Å². The molecule has 0 bridgehead atoms. The number of carboxylic acid groups (broad SMARTS) is 1. The van der Waals surface area contributed by atoms with Gasteiger partial charge in [-0.3, -0.25) is 14.8 Å². The molecule has 7 heteroatoms. The van der Waals surface area contributed by atoms with Crippen LogP contribution in [0.5, 0.6) is 0 Å². The number of carbonyl (C=O) groups is 2. The number of hydrogen-bond donors (Lipinski definition) is 5. The number of rotatable bonds is 8. The van der Waals surface area contributed by atoms with E-state index in [0.717, 1.165) is 25.1 Å². The lowest BCUT2D eigenvalue weighted by atomic mass is 10.1. The third-order valence-electron chi connectivity index (χ3n) is 4.73. The number of benzene rings is 2. The van der Waals surface area contributed by atoms with E-state index in [1.54, 1.807) is 18.5 Å². The number of amides is 1. The summed E-state index contributed by atoms with van der Waals surface area (Å²) in [4.78, 5) is 23.8. The van der Waals surface area contributed by atoms with Crippen LogP contribution in [0.15, 0.2) is 54.6 Å². The summed E-state index contributed by atoms with van der Waals surface area (Å²) < 4.78 is 0. The van der Waals surface area contributed by atoms with Crippen LogP contribution in [0.4, 0.5) is 0 Å². The molecule has 31 heavy (non-hydrogen) atoms. The monoisotopic (exact) mass is 423 g/mol. The molecule has 5 N–H and O–H groups in total. The first-order valence-corrected chi connectivity index (χ1v) is 10.1. The van der Waals surface area contributed by atoms with Crippen molar-refractivity contribution in [1.29, 1.82) is 0 Å². The molecule has 0 aliphatic heterocycles. The lowest BCUT2D eigenvalue weighted by Crippen LogP contribution is -2.16. The van der Waals surface area contributed by atoms with E-state index in [2.05, 4.69) is 41.5 Å². The van der Waals surface area contributed by atoms with Gasteiger partial charge in [-0.05, 0) is 48.7 Å². The summed E-state index contributed by atoms with van der Waals surface area (Å²) in [5.74, 6) is -1.28. The molecule has 164 valence electrons. The van der Waals surface area contributed by atoms with Gasteiger partial charge in [0.25, 0.3) is 5.91 Å². The number of para-hydroxylation sites is 1. The van der Waals surface area contributed by atoms with E-state index in [1.807, 2.05) is 24.3 Å². The van der Waals surface area contributed by atoms with Gasteiger partial charge in [-0.1, -0.05) is 49.4 Å². The second-order valence-corrected chi connectivity index (χ2v) is 7.00. The third kappa shape index (κ3) is 7.73. The molecule has 1 amide bonds. The summed E-state index contributed by atoms with van der Waals surface area (Å²) in [5.41, 5.74) is 7.46. The predicted molar refractivity (Wildman–Crippen MR) is 122 cm³/mol. The Hall–Kier alpha value is -3.42. The fourth-order valence-corrected chi connectivity index (χ4v) is 3.06. The Kier molecular flexibility index (Phi) is 9.48. The molecule has 3 aromatic rings. The number of hydrogen-bond acceptors (Lipinski definition) is 4. The second-order valence-electron chi connectivity index (χ2n) is 7.00. The van der Waals surface area contributed by atoms with Crippen molar-refractivity contribution in [2.75, 3.05) is 6.54 Å². The van der Waals surface area contributed by atoms with E-state index >= 15 is 0 Å². The van der Waals surface area contributed by atoms with Gasteiger partial charge in [0.15, 0.2) is 0 Å². The van der Waals surface area contributed by atoms with Crippen LogP contribution in [0.3, 0.4) is 0 Å². The highest BCUT2D eigenvalue weighted by Crippen LogP contribution is 2.21. The molecule has 7 nitrogen and oxygen atoms in total. The van der Waals surface area contributed by atoms with Crippen LogP contribution in [0.2, 0.25) is 0 Å². The number of carbonyl (C=O) groups excluding carboxylic acids is 1. The number of aliphatic carboxylic acids is 1. The minimum absolute atomic E-state index is 0.222. The average Bonchev–Trinajstić information content (AvgIpc) is 3.11. The van der Waals surface area contributed by atoms with Gasteiger partial charge in [0, 0.05) is 35.6 Å². The molecule has 2 aromatic carbocycles.